The number of likely N-dealkylation sites (tertiary alicyclic amines) is 1. The van der Waals surface area contributed by atoms with E-state index in [1.165, 1.54) is 56.3 Å². The Morgan fingerprint density at radius 1 is 1.04 bits per heavy atom. The number of benzene rings is 1. The maximum Gasteiger partial charge on any atom is 0.142 e. The van der Waals surface area contributed by atoms with Crippen LogP contribution in [0.1, 0.15) is 36.8 Å². The van der Waals surface area contributed by atoms with Crippen LogP contribution in [-0.2, 0) is 6.42 Å². The molecule has 1 unspecified atom stereocenters. The lowest BCUT2D eigenvalue weighted by atomic mass is 9.96. The zero-order valence-corrected chi connectivity index (χ0v) is 16.6. The number of aryl methyl sites for hydroxylation is 2. The highest BCUT2D eigenvalue weighted by Crippen LogP contribution is 2.36. The van der Waals surface area contributed by atoms with E-state index in [0.29, 0.717) is 12.1 Å². The summed E-state index contributed by atoms with van der Waals surface area (Å²) >= 11 is 0. The van der Waals surface area contributed by atoms with Gasteiger partial charge < -0.3 is 9.88 Å². The smallest absolute Gasteiger partial charge is 0.142 e. The van der Waals surface area contributed by atoms with Crippen LogP contribution in [0, 0.1) is 6.92 Å². The Morgan fingerprint density at radius 3 is 2.82 bits per heavy atom. The fraction of sp³-hybridized carbons (Fsp3) is 0.478. The summed E-state index contributed by atoms with van der Waals surface area (Å²) in [6.45, 7) is 5.70. The minimum atomic E-state index is 0.584. The Balaban J connectivity index is 1.26. The number of aromatic amines is 1. The predicted octanol–water partition coefficient (Wildman–Crippen LogP) is 3.94. The van der Waals surface area contributed by atoms with E-state index in [-0.39, 0.29) is 0 Å². The van der Waals surface area contributed by atoms with Gasteiger partial charge in [0, 0.05) is 24.8 Å². The van der Waals surface area contributed by atoms with Crippen LogP contribution in [0.5, 0.6) is 0 Å². The first-order chi connectivity index (χ1) is 13.8. The summed E-state index contributed by atoms with van der Waals surface area (Å²) in [4.78, 5) is 17.5. The van der Waals surface area contributed by atoms with Gasteiger partial charge in [-0.3, -0.25) is 4.90 Å². The van der Waals surface area contributed by atoms with Gasteiger partial charge in [-0.15, -0.1) is 0 Å². The maximum atomic E-state index is 4.66. The van der Waals surface area contributed by atoms with Gasteiger partial charge >= 0.3 is 0 Å². The second-order valence-electron chi connectivity index (χ2n) is 8.32. The van der Waals surface area contributed by atoms with Crippen molar-refractivity contribution < 1.29 is 0 Å². The van der Waals surface area contributed by atoms with Gasteiger partial charge in [0.1, 0.15) is 17.8 Å². The molecule has 5 nitrogen and oxygen atoms in total. The molecule has 0 saturated carbocycles. The molecule has 5 heteroatoms. The highest BCUT2D eigenvalue weighted by atomic mass is 15.3. The van der Waals surface area contributed by atoms with E-state index < -0.39 is 0 Å². The van der Waals surface area contributed by atoms with Crippen molar-refractivity contribution in [2.75, 3.05) is 24.5 Å². The van der Waals surface area contributed by atoms with Crippen LogP contribution in [-0.4, -0.2) is 51.6 Å². The van der Waals surface area contributed by atoms with Crippen molar-refractivity contribution in [2.45, 2.75) is 51.1 Å². The van der Waals surface area contributed by atoms with E-state index in [4.69, 9.17) is 0 Å². The van der Waals surface area contributed by atoms with Gasteiger partial charge in [0.05, 0.1) is 5.39 Å². The van der Waals surface area contributed by atoms with Crippen molar-refractivity contribution in [3.63, 3.8) is 0 Å². The molecule has 2 aliphatic rings. The van der Waals surface area contributed by atoms with E-state index in [1.807, 2.05) is 6.20 Å². The van der Waals surface area contributed by atoms with Crippen LogP contribution < -0.4 is 4.90 Å². The Morgan fingerprint density at radius 2 is 1.93 bits per heavy atom. The van der Waals surface area contributed by atoms with Crippen LogP contribution in [0.25, 0.3) is 11.0 Å². The van der Waals surface area contributed by atoms with Crippen molar-refractivity contribution in [1.82, 2.24) is 19.9 Å². The first kappa shape index (κ1) is 17.7. The van der Waals surface area contributed by atoms with E-state index in [2.05, 4.69) is 62.0 Å². The number of H-pyrrole nitrogens is 1. The summed E-state index contributed by atoms with van der Waals surface area (Å²) in [7, 11) is 0. The Bertz CT molecular complexity index is 932. The lowest BCUT2D eigenvalue weighted by molar-refractivity contribution is 0.142. The Kier molecular flexibility index (Phi) is 4.77. The highest BCUT2D eigenvalue weighted by Gasteiger charge is 2.40. The Hall–Kier alpha value is -2.40. The molecule has 2 aromatic heterocycles. The molecule has 146 valence electrons. The molecule has 3 aromatic rings. The Labute approximate surface area is 166 Å². The van der Waals surface area contributed by atoms with Gasteiger partial charge in [-0.05, 0) is 63.7 Å². The summed E-state index contributed by atoms with van der Waals surface area (Å²) in [5.41, 5.74) is 3.75. The van der Waals surface area contributed by atoms with Crippen LogP contribution in [0.4, 0.5) is 5.82 Å². The van der Waals surface area contributed by atoms with Crippen LogP contribution >= 0.6 is 0 Å². The summed E-state index contributed by atoms with van der Waals surface area (Å²) in [5, 5.41) is 1.15. The SMILES string of the molecule is Cc1ccc(CCCN2CCC[C@@H]3C2CCN3c2ncnc3[nH]ccc23)cc1. The molecule has 0 amide bonds. The zero-order chi connectivity index (χ0) is 18.9. The summed E-state index contributed by atoms with van der Waals surface area (Å²) < 4.78 is 0. The number of rotatable bonds is 5. The van der Waals surface area contributed by atoms with Gasteiger partial charge in [0.15, 0.2) is 0 Å². The van der Waals surface area contributed by atoms with Gasteiger partial charge in [-0.1, -0.05) is 29.8 Å². The number of anilines is 1. The summed E-state index contributed by atoms with van der Waals surface area (Å²) in [6, 6.07) is 12.4. The van der Waals surface area contributed by atoms with E-state index in [0.717, 1.165) is 23.4 Å². The molecule has 0 radical (unpaired) electrons. The van der Waals surface area contributed by atoms with E-state index >= 15 is 0 Å². The molecule has 0 spiro atoms. The number of nitrogens with zero attached hydrogens (tertiary/aromatic N) is 4. The average Bonchev–Trinajstić information content (AvgIpc) is 3.36. The number of aromatic nitrogens is 3. The van der Waals surface area contributed by atoms with Crippen molar-refractivity contribution in [2.24, 2.45) is 0 Å². The molecule has 0 aliphatic carbocycles. The van der Waals surface area contributed by atoms with Crippen molar-refractivity contribution in [3.8, 4) is 0 Å². The van der Waals surface area contributed by atoms with E-state index in [9.17, 15) is 0 Å². The first-order valence-corrected chi connectivity index (χ1v) is 10.6. The van der Waals surface area contributed by atoms with Crippen LogP contribution in [0.15, 0.2) is 42.9 Å². The molecule has 28 heavy (non-hydrogen) atoms. The van der Waals surface area contributed by atoms with Gasteiger partial charge in [-0.25, -0.2) is 9.97 Å². The zero-order valence-electron chi connectivity index (χ0n) is 16.6. The minimum Gasteiger partial charge on any atom is -0.351 e. The predicted molar refractivity (Wildman–Crippen MR) is 114 cm³/mol. The second kappa shape index (κ2) is 7.55. The monoisotopic (exact) mass is 375 g/mol. The molecular formula is C23H29N5. The number of nitrogens with one attached hydrogen (secondary N) is 1. The lowest BCUT2D eigenvalue weighted by Gasteiger charge is -2.40. The average molecular weight is 376 g/mol. The molecule has 5 rings (SSSR count). The van der Waals surface area contributed by atoms with E-state index in [1.54, 1.807) is 6.33 Å². The number of hydrogen-bond acceptors (Lipinski definition) is 4. The number of piperidine rings is 1. The van der Waals surface area contributed by atoms with Crippen molar-refractivity contribution in [1.29, 1.82) is 0 Å². The van der Waals surface area contributed by atoms with Crippen molar-refractivity contribution in [3.05, 3.63) is 54.0 Å². The van der Waals surface area contributed by atoms with Gasteiger partial charge in [0.2, 0.25) is 0 Å². The largest absolute Gasteiger partial charge is 0.351 e. The standard InChI is InChI=1S/C23H29N5/c1-17-6-8-18(9-7-17)4-2-13-27-14-3-5-21-20(27)11-15-28(21)23-19-10-12-24-22(19)25-16-26-23/h6-10,12,16,20-21H,2-5,11,13-15H2,1H3,(H,24,25,26)/t20?,21-/m1/s1. The highest BCUT2D eigenvalue weighted by molar-refractivity contribution is 5.87. The molecule has 1 aromatic carbocycles. The topological polar surface area (TPSA) is 48.1 Å². The third kappa shape index (κ3) is 3.28. The molecule has 2 fully saturated rings. The minimum absolute atomic E-state index is 0.584. The number of fused-ring (bicyclic) bond motifs is 2. The lowest BCUT2D eigenvalue weighted by Crippen LogP contribution is -2.50. The molecule has 2 atom stereocenters. The van der Waals surface area contributed by atoms with Gasteiger partial charge in [-0.2, -0.15) is 0 Å². The molecule has 0 bridgehead atoms. The first-order valence-electron chi connectivity index (χ1n) is 10.6. The fourth-order valence-corrected chi connectivity index (χ4v) is 5.15. The molecule has 2 saturated heterocycles. The van der Waals surface area contributed by atoms with Gasteiger partial charge in [0.25, 0.3) is 0 Å². The summed E-state index contributed by atoms with van der Waals surface area (Å²) in [5.74, 6) is 1.11. The third-order valence-corrected chi connectivity index (χ3v) is 6.56. The molecule has 1 N–H and O–H groups in total. The molecule has 4 heterocycles. The third-order valence-electron chi connectivity index (χ3n) is 6.56. The normalized spacial score (nSPS) is 22.7. The van der Waals surface area contributed by atoms with Crippen LogP contribution in [0.3, 0.4) is 0 Å². The second-order valence-corrected chi connectivity index (χ2v) is 8.32. The van der Waals surface area contributed by atoms with Crippen molar-refractivity contribution >= 4 is 16.9 Å². The summed E-state index contributed by atoms with van der Waals surface area (Å²) in [6.07, 6.45) is 9.87. The fourth-order valence-electron chi connectivity index (χ4n) is 5.15. The van der Waals surface area contributed by atoms with Crippen LogP contribution in [0.2, 0.25) is 0 Å². The molecule has 2 aliphatic heterocycles. The molecular weight excluding hydrogens is 346 g/mol. The number of hydrogen-bond donors (Lipinski definition) is 1. The maximum absolute atomic E-state index is 4.66. The quantitative estimate of drug-likeness (QED) is 0.734.